The molecule has 0 aliphatic rings. The molecule has 2 aromatic carbocycles. The van der Waals surface area contributed by atoms with E-state index in [1.165, 1.54) is 5.56 Å². The van der Waals surface area contributed by atoms with Crippen molar-refractivity contribution in [2.24, 2.45) is 0 Å². The number of benzene rings is 2. The third-order valence-corrected chi connectivity index (χ3v) is 3.68. The molecule has 0 radical (unpaired) electrons. The lowest BCUT2D eigenvalue weighted by Gasteiger charge is -2.09. The van der Waals surface area contributed by atoms with Gasteiger partial charge in [-0.25, -0.2) is 0 Å². The smallest absolute Gasteiger partial charge is 0.251 e. The van der Waals surface area contributed by atoms with Crippen LogP contribution in [0.25, 0.3) is 0 Å². The normalized spacial score (nSPS) is 10.2. The summed E-state index contributed by atoms with van der Waals surface area (Å²) in [6.45, 7) is 4.44. The summed E-state index contributed by atoms with van der Waals surface area (Å²) in [7, 11) is 1.57. The second-order valence-electron chi connectivity index (χ2n) is 5.52. The van der Waals surface area contributed by atoms with E-state index in [9.17, 15) is 9.59 Å². The van der Waals surface area contributed by atoms with E-state index in [4.69, 9.17) is 0 Å². The van der Waals surface area contributed by atoms with Crippen LogP contribution in [0.3, 0.4) is 0 Å². The Morgan fingerprint density at radius 1 is 0.957 bits per heavy atom. The van der Waals surface area contributed by atoms with Crippen molar-refractivity contribution in [3.8, 4) is 0 Å². The predicted octanol–water partition coefficient (Wildman–Crippen LogP) is 2.85. The van der Waals surface area contributed by atoms with E-state index in [-0.39, 0.29) is 11.8 Å². The molecule has 0 aromatic heterocycles. The number of hydrogen-bond acceptors (Lipinski definition) is 2. The number of hydrogen-bond donors (Lipinski definition) is 2. The molecule has 0 spiro atoms. The van der Waals surface area contributed by atoms with Crippen LogP contribution in [-0.2, 0) is 13.0 Å². The summed E-state index contributed by atoms with van der Waals surface area (Å²) in [6.07, 6.45) is 0.967. The molecule has 0 bridgehead atoms. The van der Waals surface area contributed by atoms with E-state index in [0.29, 0.717) is 17.7 Å². The van der Waals surface area contributed by atoms with Gasteiger partial charge in [-0.2, -0.15) is 0 Å². The molecule has 0 saturated carbocycles. The van der Waals surface area contributed by atoms with Crippen LogP contribution in [0.2, 0.25) is 0 Å². The molecule has 120 valence electrons. The lowest BCUT2D eigenvalue weighted by Crippen LogP contribution is -2.24. The van der Waals surface area contributed by atoms with Crippen molar-refractivity contribution in [3.05, 3.63) is 70.3 Å². The molecule has 4 nitrogen and oxygen atoms in total. The second-order valence-corrected chi connectivity index (χ2v) is 5.52. The predicted molar refractivity (Wildman–Crippen MR) is 91.6 cm³/mol. The summed E-state index contributed by atoms with van der Waals surface area (Å²) in [4.78, 5) is 24.1. The summed E-state index contributed by atoms with van der Waals surface area (Å²) in [6, 6.07) is 13.3. The number of carbonyl (C=O) groups is 2. The van der Waals surface area contributed by atoms with Crippen LogP contribution in [0.5, 0.6) is 0 Å². The fraction of sp³-hybridized carbons (Fsp3) is 0.263. The lowest BCUT2D eigenvalue weighted by atomic mass is 10.0. The molecule has 2 amide bonds. The van der Waals surface area contributed by atoms with Crippen LogP contribution in [-0.4, -0.2) is 18.9 Å². The average Bonchev–Trinajstić information content (AvgIpc) is 2.58. The number of rotatable bonds is 5. The molecule has 0 aliphatic carbocycles. The standard InChI is InChI=1S/C19H22N2O2/c1-4-14-6-5-7-15(10-14)12-21-19(23)17-9-13(2)8-16(11-17)18(22)20-3/h5-11H,4,12H2,1-3H3,(H,20,22)(H,21,23). The highest BCUT2D eigenvalue weighted by atomic mass is 16.2. The number of aryl methyl sites for hydroxylation is 2. The Morgan fingerprint density at radius 2 is 1.61 bits per heavy atom. The molecule has 0 aliphatic heterocycles. The van der Waals surface area contributed by atoms with E-state index in [2.05, 4.69) is 29.7 Å². The molecule has 23 heavy (non-hydrogen) atoms. The molecule has 2 N–H and O–H groups in total. The zero-order chi connectivity index (χ0) is 16.8. The Hall–Kier alpha value is -2.62. The SMILES string of the molecule is CCc1cccc(CNC(=O)c2cc(C)cc(C(=O)NC)c2)c1. The van der Waals surface area contributed by atoms with Gasteiger partial charge in [0.25, 0.3) is 11.8 Å². The Labute approximate surface area is 136 Å². The molecule has 4 heteroatoms. The minimum Gasteiger partial charge on any atom is -0.355 e. The van der Waals surface area contributed by atoms with Crippen LogP contribution < -0.4 is 10.6 Å². The highest BCUT2D eigenvalue weighted by Gasteiger charge is 2.11. The van der Waals surface area contributed by atoms with Crippen molar-refractivity contribution >= 4 is 11.8 Å². The van der Waals surface area contributed by atoms with E-state index in [1.807, 2.05) is 19.1 Å². The van der Waals surface area contributed by atoms with Gasteiger partial charge in [-0.1, -0.05) is 31.2 Å². The van der Waals surface area contributed by atoms with E-state index < -0.39 is 0 Å². The maximum Gasteiger partial charge on any atom is 0.251 e. The van der Waals surface area contributed by atoms with E-state index in [0.717, 1.165) is 17.5 Å². The summed E-state index contributed by atoms with van der Waals surface area (Å²) in [5.41, 5.74) is 4.18. The fourth-order valence-electron chi connectivity index (χ4n) is 2.43. The highest BCUT2D eigenvalue weighted by Crippen LogP contribution is 2.11. The van der Waals surface area contributed by atoms with Crippen molar-refractivity contribution in [2.75, 3.05) is 7.05 Å². The van der Waals surface area contributed by atoms with Gasteiger partial charge in [0, 0.05) is 24.7 Å². The molecule has 0 atom stereocenters. The molecular formula is C19H22N2O2. The molecule has 2 rings (SSSR count). The van der Waals surface area contributed by atoms with Crippen LogP contribution in [0.4, 0.5) is 0 Å². The van der Waals surface area contributed by atoms with Crippen molar-refractivity contribution in [1.82, 2.24) is 10.6 Å². The highest BCUT2D eigenvalue weighted by molar-refractivity contribution is 5.99. The van der Waals surface area contributed by atoms with Crippen LogP contribution in [0.15, 0.2) is 42.5 Å². The molecular weight excluding hydrogens is 288 g/mol. The zero-order valence-electron chi connectivity index (χ0n) is 13.8. The van der Waals surface area contributed by atoms with Crippen molar-refractivity contribution in [2.45, 2.75) is 26.8 Å². The summed E-state index contributed by atoms with van der Waals surface area (Å²) >= 11 is 0. The maximum atomic E-state index is 12.3. The Bertz CT molecular complexity index is 723. The topological polar surface area (TPSA) is 58.2 Å². The van der Waals surface area contributed by atoms with Gasteiger partial charge in [0.1, 0.15) is 0 Å². The minimum atomic E-state index is -0.196. The molecule has 0 heterocycles. The van der Waals surface area contributed by atoms with E-state index in [1.54, 1.807) is 25.2 Å². The minimum absolute atomic E-state index is 0.180. The Kier molecular flexibility index (Phi) is 5.52. The molecule has 0 saturated heterocycles. The average molecular weight is 310 g/mol. The first kappa shape index (κ1) is 16.7. The summed E-state index contributed by atoms with van der Waals surface area (Å²) in [5.74, 6) is -0.376. The zero-order valence-corrected chi connectivity index (χ0v) is 13.8. The first-order valence-electron chi connectivity index (χ1n) is 7.73. The van der Waals surface area contributed by atoms with Crippen LogP contribution in [0.1, 0.15) is 44.3 Å². The van der Waals surface area contributed by atoms with Gasteiger partial charge in [-0.15, -0.1) is 0 Å². The van der Waals surface area contributed by atoms with Crippen molar-refractivity contribution < 1.29 is 9.59 Å². The summed E-state index contributed by atoms with van der Waals surface area (Å²) in [5, 5.41) is 5.48. The fourth-order valence-corrected chi connectivity index (χ4v) is 2.43. The van der Waals surface area contributed by atoms with Gasteiger partial charge in [-0.05, 0) is 48.2 Å². The van der Waals surface area contributed by atoms with Gasteiger partial charge in [0.2, 0.25) is 0 Å². The lowest BCUT2D eigenvalue weighted by molar-refractivity contribution is 0.0951. The first-order valence-corrected chi connectivity index (χ1v) is 7.73. The largest absolute Gasteiger partial charge is 0.355 e. The number of amides is 2. The Morgan fingerprint density at radius 3 is 2.26 bits per heavy atom. The third kappa shape index (κ3) is 4.42. The van der Waals surface area contributed by atoms with Gasteiger partial charge in [0.05, 0.1) is 0 Å². The number of carbonyl (C=O) groups excluding carboxylic acids is 2. The van der Waals surface area contributed by atoms with Crippen molar-refractivity contribution in [1.29, 1.82) is 0 Å². The molecule has 0 fully saturated rings. The maximum absolute atomic E-state index is 12.3. The van der Waals surface area contributed by atoms with Crippen LogP contribution in [0, 0.1) is 6.92 Å². The molecule has 0 unspecified atom stereocenters. The van der Waals surface area contributed by atoms with Crippen molar-refractivity contribution in [3.63, 3.8) is 0 Å². The van der Waals surface area contributed by atoms with E-state index >= 15 is 0 Å². The summed E-state index contributed by atoms with van der Waals surface area (Å²) < 4.78 is 0. The first-order chi connectivity index (χ1) is 11.0. The Balaban J connectivity index is 2.11. The monoisotopic (exact) mass is 310 g/mol. The quantitative estimate of drug-likeness (QED) is 0.892. The molecule has 2 aromatic rings. The third-order valence-electron chi connectivity index (χ3n) is 3.68. The second kappa shape index (κ2) is 7.58. The van der Waals surface area contributed by atoms with Gasteiger partial charge >= 0.3 is 0 Å². The van der Waals surface area contributed by atoms with Gasteiger partial charge < -0.3 is 10.6 Å². The van der Waals surface area contributed by atoms with Gasteiger partial charge in [0.15, 0.2) is 0 Å². The van der Waals surface area contributed by atoms with Gasteiger partial charge in [-0.3, -0.25) is 9.59 Å². The number of nitrogens with one attached hydrogen (secondary N) is 2. The van der Waals surface area contributed by atoms with Crippen LogP contribution >= 0.6 is 0 Å².